The molecule has 0 saturated heterocycles. The third-order valence-corrected chi connectivity index (χ3v) is 2.60. The summed E-state index contributed by atoms with van der Waals surface area (Å²) in [6.45, 7) is 1.38. The highest BCUT2D eigenvalue weighted by atomic mass is 19.4. The third-order valence-electron chi connectivity index (χ3n) is 2.60. The zero-order valence-electron chi connectivity index (χ0n) is 9.54. The van der Waals surface area contributed by atoms with Crippen molar-refractivity contribution in [1.29, 1.82) is 0 Å². The van der Waals surface area contributed by atoms with Crippen LogP contribution in [0.3, 0.4) is 0 Å². The first-order chi connectivity index (χ1) is 7.90. The van der Waals surface area contributed by atoms with Crippen LogP contribution in [0, 0.1) is 0 Å². The van der Waals surface area contributed by atoms with E-state index >= 15 is 0 Å². The summed E-state index contributed by atoms with van der Waals surface area (Å²) in [4.78, 5) is 11.7. The van der Waals surface area contributed by atoms with Crippen molar-refractivity contribution in [3.05, 3.63) is 35.9 Å². The molecule has 94 valence electrons. The number of ketones is 1. The molecule has 0 bridgehead atoms. The normalized spacial score (nSPS) is 15.4. The molecule has 0 radical (unpaired) electrons. The molecule has 0 aliphatic rings. The maximum atomic E-state index is 13.2. The first-order valence-corrected chi connectivity index (χ1v) is 5.10. The van der Waals surface area contributed by atoms with Crippen molar-refractivity contribution < 1.29 is 22.7 Å². The van der Waals surface area contributed by atoms with Gasteiger partial charge in [-0.2, -0.15) is 13.2 Å². The highest BCUT2D eigenvalue weighted by molar-refractivity contribution is 5.89. The van der Waals surface area contributed by atoms with Crippen LogP contribution in [-0.2, 0) is 15.1 Å². The van der Waals surface area contributed by atoms with Gasteiger partial charge in [0.15, 0.2) is 5.78 Å². The van der Waals surface area contributed by atoms with Crippen LogP contribution in [0.15, 0.2) is 30.3 Å². The van der Waals surface area contributed by atoms with Crippen molar-refractivity contribution in [2.24, 2.45) is 0 Å². The molecule has 1 atom stereocenters. The summed E-state index contributed by atoms with van der Waals surface area (Å²) in [7, 11) is 0.897. The molecule has 0 unspecified atom stereocenters. The summed E-state index contributed by atoms with van der Waals surface area (Å²) in [5, 5.41) is 0. The summed E-state index contributed by atoms with van der Waals surface area (Å²) >= 11 is 0. The number of methoxy groups -OCH3 is 1. The lowest BCUT2D eigenvalue weighted by molar-refractivity contribution is -0.264. The van der Waals surface area contributed by atoms with Crippen LogP contribution in [0.25, 0.3) is 0 Å². The number of halogens is 3. The van der Waals surface area contributed by atoms with Gasteiger partial charge in [0.05, 0.1) is 0 Å². The monoisotopic (exact) mass is 246 g/mol. The number of alkyl halides is 3. The fourth-order valence-corrected chi connectivity index (χ4v) is 1.75. The molecular weight excluding hydrogens is 233 g/mol. The molecule has 17 heavy (non-hydrogen) atoms. The molecule has 1 rings (SSSR count). The standard InChI is InChI=1S/C12H13F3O2/c1-3-10(16)11(17-2,12(13,14)15)9-7-5-4-6-8-9/h4-8H,3H2,1-2H3/t11-/m0/s1. The molecule has 2 nitrogen and oxygen atoms in total. The van der Waals surface area contributed by atoms with Gasteiger partial charge in [-0.15, -0.1) is 0 Å². The fourth-order valence-electron chi connectivity index (χ4n) is 1.75. The molecular formula is C12H13F3O2. The molecule has 0 fully saturated rings. The average molecular weight is 246 g/mol. The van der Waals surface area contributed by atoms with E-state index in [4.69, 9.17) is 0 Å². The number of hydrogen-bond donors (Lipinski definition) is 0. The van der Waals surface area contributed by atoms with Gasteiger partial charge in [0.1, 0.15) is 0 Å². The first kappa shape index (κ1) is 13.7. The number of hydrogen-bond acceptors (Lipinski definition) is 2. The van der Waals surface area contributed by atoms with Crippen LogP contribution in [-0.4, -0.2) is 19.1 Å². The fraction of sp³-hybridized carbons (Fsp3) is 0.417. The van der Waals surface area contributed by atoms with E-state index in [0.717, 1.165) is 7.11 Å². The summed E-state index contributed by atoms with van der Waals surface area (Å²) in [6.07, 6.45) is -5.03. The van der Waals surface area contributed by atoms with E-state index in [1.807, 2.05) is 0 Å². The molecule has 5 heteroatoms. The lowest BCUT2D eigenvalue weighted by Crippen LogP contribution is -2.50. The van der Waals surface area contributed by atoms with E-state index in [0.29, 0.717) is 0 Å². The Balaban J connectivity index is 3.43. The van der Waals surface area contributed by atoms with E-state index in [1.165, 1.54) is 31.2 Å². The smallest absolute Gasteiger partial charge is 0.358 e. The second-order valence-electron chi connectivity index (χ2n) is 3.53. The first-order valence-electron chi connectivity index (χ1n) is 5.10. The third kappa shape index (κ3) is 2.20. The van der Waals surface area contributed by atoms with E-state index in [1.54, 1.807) is 6.07 Å². The Morgan fingerprint density at radius 3 is 2.12 bits per heavy atom. The maximum absolute atomic E-state index is 13.2. The lowest BCUT2D eigenvalue weighted by atomic mass is 9.87. The molecule has 0 amide bonds. The minimum Gasteiger partial charge on any atom is -0.358 e. The van der Waals surface area contributed by atoms with Gasteiger partial charge in [0, 0.05) is 19.1 Å². The van der Waals surface area contributed by atoms with Crippen LogP contribution in [0.4, 0.5) is 13.2 Å². The molecule has 0 spiro atoms. The second-order valence-corrected chi connectivity index (χ2v) is 3.53. The Labute approximate surface area is 97.4 Å². The Kier molecular flexibility index (Phi) is 3.93. The van der Waals surface area contributed by atoms with E-state index in [-0.39, 0.29) is 12.0 Å². The van der Waals surface area contributed by atoms with Crippen LogP contribution < -0.4 is 0 Å². The van der Waals surface area contributed by atoms with Gasteiger partial charge in [0.25, 0.3) is 0 Å². The predicted octanol–water partition coefficient (Wildman–Crippen LogP) is 3.07. The lowest BCUT2D eigenvalue weighted by Gasteiger charge is -2.33. The molecule has 0 N–H and O–H groups in total. The second kappa shape index (κ2) is 4.87. The van der Waals surface area contributed by atoms with Crippen molar-refractivity contribution in [3.8, 4) is 0 Å². The molecule has 0 saturated carbocycles. The van der Waals surface area contributed by atoms with Crippen molar-refractivity contribution >= 4 is 5.78 Å². The van der Waals surface area contributed by atoms with Crippen LogP contribution in [0.2, 0.25) is 0 Å². The Morgan fingerprint density at radius 1 is 1.24 bits per heavy atom. The quantitative estimate of drug-likeness (QED) is 0.816. The molecule has 0 aliphatic heterocycles. The number of carbonyl (C=O) groups is 1. The predicted molar refractivity (Wildman–Crippen MR) is 56.5 cm³/mol. The van der Waals surface area contributed by atoms with Crippen LogP contribution >= 0.6 is 0 Å². The Hall–Kier alpha value is -1.36. The summed E-state index contributed by atoms with van der Waals surface area (Å²) in [6, 6.07) is 6.95. The van der Waals surface area contributed by atoms with Gasteiger partial charge in [-0.25, -0.2) is 0 Å². The number of ether oxygens (including phenoxy) is 1. The zero-order valence-corrected chi connectivity index (χ0v) is 9.54. The molecule has 0 aromatic heterocycles. The van der Waals surface area contributed by atoms with Gasteiger partial charge in [-0.05, 0) is 0 Å². The van der Waals surface area contributed by atoms with Gasteiger partial charge >= 0.3 is 6.18 Å². The van der Waals surface area contributed by atoms with Crippen LogP contribution in [0.5, 0.6) is 0 Å². The summed E-state index contributed by atoms with van der Waals surface area (Å²) < 4.78 is 44.0. The largest absolute Gasteiger partial charge is 0.428 e. The SMILES string of the molecule is CCC(=O)[C@@](OC)(c1ccccc1)C(F)(F)F. The number of Topliss-reactive ketones (excluding diaryl/α,β-unsaturated/α-hetero) is 1. The van der Waals surface area contributed by atoms with Gasteiger partial charge in [-0.3, -0.25) is 4.79 Å². The van der Waals surface area contributed by atoms with Gasteiger partial charge < -0.3 is 4.74 Å². The minimum atomic E-state index is -4.78. The van der Waals surface area contributed by atoms with E-state index in [2.05, 4.69) is 4.74 Å². The molecule has 1 aromatic carbocycles. The summed E-state index contributed by atoms with van der Waals surface area (Å²) in [5.74, 6) is -1.00. The van der Waals surface area contributed by atoms with E-state index < -0.39 is 17.6 Å². The minimum absolute atomic E-state index is 0.193. The highest BCUT2D eigenvalue weighted by Gasteiger charge is 2.61. The summed E-state index contributed by atoms with van der Waals surface area (Å²) in [5.41, 5.74) is -3.05. The Morgan fingerprint density at radius 2 is 1.76 bits per heavy atom. The highest BCUT2D eigenvalue weighted by Crippen LogP contribution is 2.43. The number of carbonyl (C=O) groups excluding carboxylic acids is 1. The van der Waals surface area contributed by atoms with Crippen molar-refractivity contribution in [2.45, 2.75) is 25.1 Å². The zero-order chi connectivity index (χ0) is 13.1. The van der Waals surface area contributed by atoms with Crippen molar-refractivity contribution in [3.63, 3.8) is 0 Å². The number of rotatable bonds is 4. The average Bonchev–Trinajstić information content (AvgIpc) is 2.30. The van der Waals surface area contributed by atoms with Gasteiger partial charge in [-0.1, -0.05) is 37.3 Å². The molecule has 0 heterocycles. The van der Waals surface area contributed by atoms with Crippen LogP contribution in [0.1, 0.15) is 18.9 Å². The maximum Gasteiger partial charge on any atom is 0.428 e. The van der Waals surface area contributed by atoms with Crippen molar-refractivity contribution in [1.82, 2.24) is 0 Å². The topological polar surface area (TPSA) is 26.3 Å². The number of benzene rings is 1. The van der Waals surface area contributed by atoms with Gasteiger partial charge in [0.2, 0.25) is 5.60 Å². The van der Waals surface area contributed by atoms with E-state index in [9.17, 15) is 18.0 Å². The molecule has 0 aliphatic carbocycles. The molecule has 1 aromatic rings. The Bertz CT molecular complexity index is 386. The van der Waals surface area contributed by atoms with Crippen molar-refractivity contribution in [2.75, 3.05) is 7.11 Å².